The Labute approximate surface area is 123 Å². The molecule has 0 aromatic heterocycles. The molecule has 0 radical (unpaired) electrons. The zero-order valence-electron chi connectivity index (χ0n) is 12.5. The highest BCUT2D eigenvalue weighted by atomic mass is 16.8. The lowest BCUT2D eigenvalue weighted by Crippen LogP contribution is -2.38. The fraction of sp³-hybridized carbons (Fsp3) is 0.667. The second-order valence-corrected chi connectivity index (χ2v) is 6.98. The summed E-state index contributed by atoms with van der Waals surface area (Å²) < 4.78 is 4.99. The van der Waals surface area contributed by atoms with Crippen molar-refractivity contribution >= 4 is 18.0 Å². The maximum atomic E-state index is 12.4. The number of hydroxylamine groups is 2. The fourth-order valence-electron chi connectivity index (χ4n) is 3.69. The van der Waals surface area contributed by atoms with Crippen molar-refractivity contribution in [3.05, 3.63) is 12.2 Å². The van der Waals surface area contributed by atoms with Gasteiger partial charge in [0.1, 0.15) is 5.60 Å². The van der Waals surface area contributed by atoms with Crippen molar-refractivity contribution in [1.82, 2.24) is 5.06 Å². The van der Waals surface area contributed by atoms with Crippen LogP contribution in [-0.4, -0.2) is 28.6 Å². The van der Waals surface area contributed by atoms with Gasteiger partial charge in [0.15, 0.2) is 0 Å². The molecule has 1 aliphatic heterocycles. The smallest absolute Gasteiger partial charge is 0.427 e. The Bertz CT molecular complexity index is 515. The van der Waals surface area contributed by atoms with Crippen LogP contribution in [0.5, 0.6) is 0 Å². The number of allylic oxidation sites excluding steroid dienone is 2. The van der Waals surface area contributed by atoms with Crippen LogP contribution in [0.2, 0.25) is 0 Å². The van der Waals surface area contributed by atoms with Gasteiger partial charge in [-0.3, -0.25) is 14.4 Å². The highest BCUT2D eigenvalue weighted by Gasteiger charge is 2.63. The minimum absolute atomic E-state index is 0.0590. The molecular weight excluding hydrogens is 274 g/mol. The molecule has 6 nitrogen and oxygen atoms in total. The first kappa shape index (κ1) is 14.1. The summed E-state index contributed by atoms with van der Waals surface area (Å²) in [7, 11) is 0. The highest BCUT2D eigenvalue weighted by Crippen LogP contribution is 2.55. The summed E-state index contributed by atoms with van der Waals surface area (Å²) in [6, 6.07) is 0. The first-order valence-electron chi connectivity index (χ1n) is 7.18. The molecule has 2 amide bonds. The van der Waals surface area contributed by atoms with Gasteiger partial charge in [-0.25, -0.2) is 4.79 Å². The van der Waals surface area contributed by atoms with Crippen LogP contribution in [0.1, 0.15) is 27.7 Å². The van der Waals surface area contributed by atoms with E-state index in [1.54, 1.807) is 20.8 Å². The Hall–Kier alpha value is -1.85. The highest BCUT2D eigenvalue weighted by molar-refractivity contribution is 6.06. The van der Waals surface area contributed by atoms with Gasteiger partial charge in [0.2, 0.25) is 0 Å². The van der Waals surface area contributed by atoms with E-state index in [0.29, 0.717) is 5.06 Å². The molecule has 1 saturated heterocycles. The van der Waals surface area contributed by atoms with Crippen molar-refractivity contribution in [3.8, 4) is 0 Å². The fourth-order valence-corrected chi connectivity index (χ4v) is 3.69. The molecule has 2 fully saturated rings. The number of carbonyl (C=O) groups is 3. The van der Waals surface area contributed by atoms with Crippen molar-refractivity contribution < 1.29 is 24.0 Å². The summed E-state index contributed by atoms with van der Waals surface area (Å²) in [6.07, 6.45) is 2.97. The molecule has 2 aliphatic carbocycles. The first-order valence-corrected chi connectivity index (χ1v) is 7.18. The molecule has 0 spiro atoms. The number of ether oxygens (including phenoxy) is 1. The van der Waals surface area contributed by atoms with Gasteiger partial charge in [0.25, 0.3) is 11.8 Å². The van der Waals surface area contributed by atoms with E-state index in [4.69, 9.17) is 9.57 Å². The van der Waals surface area contributed by atoms with Gasteiger partial charge in [-0.1, -0.05) is 24.1 Å². The lowest BCUT2D eigenvalue weighted by atomic mass is 9.85. The predicted octanol–water partition coefficient (Wildman–Crippen LogP) is 1.91. The molecule has 1 heterocycles. The third-order valence-electron chi connectivity index (χ3n) is 4.51. The number of rotatable bonds is 1. The van der Waals surface area contributed by atoms with Crippen LogP contribution in [0.15, 0.2) is 12.2 Å². The van der Waals surface area contributed by atoms with E-state index in [9.17, 15) is 14.4 Å². The van der Waals surface area contributed by atoms with E-state index in [-0.39, 0.29) is 17.8 Å². The molecule has 0 aromatic carbocycles. The normalized spacial score (nSPS) is 37.1. The Morgan fingerprint density at radius 2 is 1.57 bits per heavy atom. The zero-order valence-corrected chi connectivity index (χ0v) is 12.5. The summed E-state index contributed by atoms with van der Waals surface area (Å²) in [5, 5.41) is 0.599. The summed E-state index contributed by atoms with van der Waals surface area (Å²) in [4.78, 5) is 41.3. The average Bonchev–Trinajstić information content (AvgIpc) is 2.92. The molecular formula is C15H19NO5. The van der Waals surface area contributed by atoms with Crippen molar-refractivity contribution in [3.63, 3.8) is 0 Å². The maximum absolute atomic E-state index is 12.4. The van der Waals surface area contributed by atoms with Gasteiger partial charge in [0, 0.05) is 0 Å². The van der Waals surface area contributed by atoms with Crippen LogP contribution >= 0.6 is 0 Å². The SMILES string of the molecule is C[C@@H]1C2C=CC1[C@@H]1C(=O)N(OC(=O)OC(C)(C)C)C(=O)[C@H]21. The van der Waals surface area contributed by atoms with Gasteiger partial charge < -0.3 is 4.74 Å². The molecule has 0 N–H and O–H groups in total. The molecule has 1 saturated carbocycles. The summed E-state index contributed by atoms with van der Waals surface area (Å²) in [5.74, 6) is -1.25. The number of carbonyl (C=O) groups excluding carboxylic acids is 3. The van der Waals surface area contributed by atoms with Gasteiger partial charge in [0.05, 0.1) is 11.8 Å². The number of amides is 2. The minimum atomic E-state index is -1.03. The number of hydrogen-bond donors (Lipinski definition) is 0. The van der Waals surface area contributed by atoms with E-state index in [0.717, 1.165) is 0 Å². The van der Waals surface area contributed by atoms with Crippen LogP contribution in [0.3, 0.4) is 0 Å². The molecule has 21 heavy (non-hydrogen) atoms. The van der Waals surface area contributed by atoms with Crippen LogP contribution in [0.4, 0.5) is 4.79 Å². The van der Waals surface area contributed by atoms with Crippen molar-refractivity contribution in [2.24, 2.45) is 29.6 Å². The van der Waals surface area contributed by atoms with E-state index in [1.165, 1.54) is 0 Å². The van der Waals surface area contributed by atoms with Crippen LogP contribution in [-0.2, 0) is 19.2 Å². The second kappa shape index (κ2) is 4.32. The molecule has 5 atom stereocenters. The van der Waals surface area contributed by atoms with E-state index in [2.05, 4.69) is 0 Å². The molecule has 2 bridgehead atoms. The van der Waals surface area contributed by atoms with Crippen molar-refractivity contribution in [2.75, 3.05) is 0 Å². The molecule has 114 valence electrons. The lowest BCUT2D eigenvalue weighted by Gasteiger charge is -2.22. The number of fused-ring (bicyclic) bond motifs is 5. The minimum Gasteiger partial charge on any atom is -0.427 e. The summed E-state index contributed by atoms with van der Waals surface area (Å²) >= 11 is 0. The number of hydrogen-bond acceptors (Lipinski definition) is 5. The van der Waals surface area contributed by atoms with Gasteiger partial charge in [-0.05, 0) is 38.5 Å². The molecule has 6 heteroatoms. The lowest BCUT2D eigenvalue weighted by molar-refractivity contribution is -0.183. The Morgan fingerprint density at radius 1 is 1.10 bits per heavy atom. The summed E-state index contributed by atoms with van der Waals surface area (Å²) in [5.41, 5.74) is -0.742. The second-order valence-electron chi connectivity index (χ2n) is 6.98. The van der Waals surface area contributed by atoms with Crippen molar-refractivity contribution in [2.45, 2.75) is 33.3 Å². The molecule has 2 unspecified atom stereocenters. The monoisotopic (exact) mass is 293 g/mol. The largest absolute Gasteiger partial charge is 0.534 e. The number of nitrogens with zero attached hydrogens (tertiary/aromatic N) is 1. The third kappa shape index (κ3) is 2.04. The third-order valence-corrected chi connectivity index (χ3v) is 4.51. The quantitative estimate of drug-likeness (QED) is 0.419. The van der Waals surface area contributed by atoms with Crippen LogP contribution < -0.4 is 0 Å². The van der Waals surface area contributed by atoms with Gasteiger partial charge in [-0.2, -0.15) is 0 Å². The number of imide groups is 1. The van der Waals surface area contributed by atoms with Crippen LogP contribution in [0, 0.1) is 29.6 Å². The van der Waals surface area contributed by atoms with E-state index in [1.807, 2.05) is 19.1 Å². The standard InChI is InChI=1S/C15H19NO5/c1-7-8-5-6-9(7)11-10(8)12(17)16(13(11)18)21-14(19)20-15(2,3)4/h5-11H,1-4H3/t7-,8?,9?,10-,11+. The van der Waals surface area contributed by atoms with Gasteiger partial charge >= 0.3 is 6.16 Å². The molecule has 3 rings (SSSR count). The zero-order chi connectivity index (χ0) is 15.5. The van der Waals surface area contributed by atoms with Gasteiger partial charge in [-0.15, -0.1) is 0 Å². The predicted molar refractivity (Wildman–Crippen MR) is 71.4 cm³/mol. The Morgan fingerprint density at radius 3 is 2.00 bits per heavy atom. The summed E-state index contributed by atoms with van der Waals surface area (Å²) in [6.45, 7) is 7.10. The van der Waals surface area contributed by atoms with E-state index < -0.39 is 35.4 Å². The van der Waals surface area contributed by atoms with Crippen molar-refractivity contribution in [1.29, 1.82) is 0 Å². The van der Waals surface area contributed by atoms with E-state index >= 15 is 0 Å². The Kier molecular flexibility index (Phi) is 2.90. The average molecular weight is 293 g/mol. The Balaban J connectivity index is 1.75. The molecule has 0 aromatic rings. The maximum Gasteiger partial charge on any atom is 0.534 e. The van der Waals surface area contributed by atoms with Crippen LogP contribution in [0.25, 0.3) is 0 Å². The first-order chi connectivity index (χ1) is 9.70. The molecule has 3 aliphatic rings. The topological polar surface area (TPSA) is 72.9 Å².